The summed E-state index contributed by atoms with van der Waals surface area (Å²) in [6, 6.07) is 47.0. The summed E-state index contributed by atoms with van der Waals surface area (Å²) in [5, 5.41) is 3.98. The minimum atomic E-state index is 0.563. The van der Waals surface area contributed by atoms with Gasteiger partial charge in [0.25, 0.3) is 0 Å². The molecule has 9 rings (SSSR count). The first kappa shape index (κ1) is 29.2. The van der Waals surface area contributed by atoms with Gasteiger partial charge >= 0.3 is 0 Å². The van der Waals surface area contributed by atoms with Crippen molar-refractivity contribution in [2.45, 2.75) is 0 Å². The van der Waals surface area contributed by atoms with E-state index >= 15 is 0 Å². The van der Waals surface area contributed by atoms with Crippen molar-refractivity contribution in [2.75, 3.05) is 0 Å². The predicted molar refractivity (Wildman–Crippen MR) is 199 cm³/mol. The van der Waals surface area contributed by atoms with Crippen molar-refractivity contribution in [3.05, 3.63) is 164 Å². The van der Waals surface area contributed by atoms with Crippen LogP contribution in [-0.2, 0) is 0 Å². The SMILES string of the molecule is c1ccc(-c2cc(-c3ccccc3)nc(-c3c4ccccc4c(-c4nc(-c5ccncc5)nc(-c5ccncc5)n4)c4ccccc34)n2)cc1. The first-order chi connectivity index (χ1) is 24.8. The van der Waals surface area contributed by atoms with Crippen LogP contribution in [0.3, 0.4) is 0 Å². The summed E-state index contributed by atoms with van der Waals surface area (Å²) in [7, 11) is 0. The number of nitrogens with zero attached hydrogens (tertiary/aromatic N) is 7. The molecular weight excluding hydrogens is 615 g/mol. The molecule has 7 nitrogen and oxygen atoms in total. The van der Waals surface area contributed by atoms with E-state index in [-0.39, 0.29) is 0 Å². The quantitative estimate of drug-likeness (QED) is 0.167. The first-order valence-electron chi connectivity index (χ1n) is 16.3. The van der Waals surface area contributed by atoms with Crippen LogP contribution in [0.15, 0.2) is 164 Å². The highest BCUT2D eigenvalue weighted by Crippen LogP contribution is 2.43. The van der Waals surface area contributed by atoms with E-state index in [9.17, 15) is 0 Å². The molecule has 0 atom stereocenters. The lowest BCUT2D eigenvalue weighted by Crippen LogP contribution is -2.02. The van der Waals surface area contributed by atoms with E-state index in [1.165, 1.54) is 0 Å². The number of pyridine rings is 2. The number of hydrogen-bond acceptors (Lipinski definition) is 7. The summed E-state index contributed by atoms with van der Waals surface area (Å²) in [5.74, 6) is 2.34. The van der Waals surface area contributed by atoms with Gasteiger partial charge in [-0.15, -0.1) is 0 Å². The molecule has 4 heterocycles. The Bertz CT molecular complexity index is 2270. The third-order valence-electron chi connectivity index (χ3n) is 8.76. The zero-order chi connectivity index (χ0) is 33.3. The fraction of sp³-hybridized carbons (Fsp3) is 0. The molecular formula is C43H27N7. The molecule has 5 aromatic carbocycles. The summed E-state index contributed by atoms with van der Waals surface area (Å²) < 4.78 is 0. The molecule has 0 saturated heterocycles. The fourth-order valence-electron chi connectivity index (χ4n) is 6.43. The predicted octanol–water partition coefficient (Wildman–Crippen LogP) is 9.76. The van der Waals surface area contributed by atoms with Gasteiger partial charge in [0.1, 0.15) is 0 Å². The molecule has 0 spiro atoms. The number of rotatable bonds is 6. The van der Waals surface area contributed by atoms with Crippen LogP contribution >= 0.6 is 0 Å². The third-order valence-corrected chi connectivity index (χ3v) is 8.76. The van der Waals surface area contributed by atoms with E-state index in [1.54, 1.807) is 24.8 Å². The van der Waals surface area contributed by atoms with Crippen LogP contribution in [0.2, 0.25) is 0 Å². The summed E-state index contributed by atoms with van der Waals surface area (Å²) in [5.41, 5.74) is 7.32. The van der Waals surface area contributed by atoms with Crippen molar-refractivity contribution >= 4 is 21.5 Å². The third kappa shape index (κ3) is 5.33. The first-order valence-corrected chi connectivity index (χ1v) is 16.3. The van der Waals surface area contributed by atoms with E-state index in [0.29, 0.717) is 23.3 Å². The molecule has 0 aliphatic heterocycles. The Morgan fingerprint density at radius 1 is 0.280 bits per heavy atom. The van der Waals surface area contributed by atoms with Gasteiger partial charge in [0.15, 0.2) is 23.3 Å². The maximum Gasteiger partial charge on any atom is 0.165 e. The van der Waals surface area contributed by atoms with Crippen molar-refractivity contribution in [1.82, 2.24) is 34.9 Å². The number of hydrogen-bond donors (Lipinski definition) is 0. The van der Waals surface area contributed by atoms with Crippen molar-refractivity contribution < 1.29 is 0 Å². The highest BCUT2D eigenvalue weighted by Gasteiger charge is 2.22. The minimum absolute atomic E-state index is 0.563. The molecule has 0 aliphatic rings. The normalized spacial score (nSPS) is 11.2. The van der Waals surface area contributed by atoms with E-state index in [2.05, 4.69) is 88.8 Å². The Labute approximate surface area is 288 Å². The van der Waals surface area contributed by atoms with E-state index in [0.717, 1.165) is 66.3 Å². The molecule has 234 valence electrons. The molecule has 0 amide bonds. The fourth-order valence-corrected chi connectivity index (χ4v) is 6.43. The van der Waals surface area contributed by atoms with Gasteiger partial charge in [0.2, 0.25) is 0 Å². The topological polar surface area (TPSA) is 90.2 Å². The molecule has 0 N–H and O–H groups in total. The molecule has 0 unspecified atom stereocenters. The van der Waals surface area contributed by atoms with Crippen LogP contribution in [0.1, 0.15) is 0 Å². The van der Waals surface area contributed by atoms with Crippen LogP contribution < -0.4 is 0 Å². The smallest absolute Gasteiger partial charge is 0.165 e. The van der Waals surface area contributed by atoms with Gasteiger partial charge in [-0.05, 0) is 51.9 Å². The Balaban J connectivity index is 1.35. The van der Waals surface area contributed by atoms with Crippen LogP contribution in [0.5, 0.6) is 0 Å². The van der Waals surface area contributed by atoms with Crippen LogP contribution in [-0.4, -0.2) is 34.9 Å². The Morgan fingerprint density at radius 2 is 0.620 bits per heavy atom. The lowest BCUT2D eigenvalue weighted by molar-refractivity contribution is 1.07. The zero-order valence-corrected chi connectivity index (χ0v) is 26.7. The van der Waals surface area contributed by atoms with Crippen LogP contribution in [0.25, 0.3) is 89.6 Å². The lowest BCUT2D eigenvalue weighted by Gasteiger charge is -2.17. The van der Waals surface area contributed by atoms with E-state index in [1.807, 2.05) is 60.7 Å². The maximum absolute atomic E-state index is 5.25. The van der Waals surface area contributed by atoms with Gasteiger partial charge in [-0.2, -0.15) is 0 Å². The van der Waals surface area contributed by atoms with Gasteiger partial charge in [-0.1, -0.05) is 109 Å². The second-order valence-corrected chi connectivity index (χ2v) is 11.8. The van der Waals surface area contributed by atoms with Crippen LogP contribution in [0.4, 0.5) is 0 Å². The summed E-state index contributed by atoms with van der Waals surface area (Å²) in [6.45, 7) is 0. The monoisotopic (exact) mass is 641 g/mol. The van der Waals surface area contributed by atoms with E-state index in [4.69, 9.17) is 24.9 Å². The number of benzene rings is 5. The van der Waals surface area contributed by atoms with Crippen molar-refractivity contribution in [3.8, 4) is 68.1 Å². The van der Waals surface area contributed by atoms with Gasteiger partial charge < -0.3 is 0 Å². The number of aromatic nitrogens is 7. The second kappa shape index (κ2) is 12.6. The Hall–Kier alpha value is -6.99. The van der Waals surface area contributed by atoms with Gasteiger partial charge in [-0.25, -0.2) is 24.9 Å². The molecule has 4 aromatic heterocycles. The summed E-state index contributed by atoms with van der Waals surface area (Å²) in [4.78, 5) is 34.0. The Morgan fingerprint density at radius 3 is 1.02 bits per heavy atom. The molecule has 0 radical (unpaired) electrons. The maximum atomic E-state index is 5.25. The molecule has 9 aromatic rings. The van der Waals surface area contributed by atoms with Gasteiger partial charge in [-0.3, -0.25) is 9.97 Å². The van der Waals surface area contributed by atoms with Crippen molar-refractivity contribution in [2.24, 2.45) is 0 Å². The molecule has 0 bridgehead atoms. The zero-order valence-electron chi connectivity index (χ0n) is 26.7. The lowest BCUT2D eigenvalue weighted by atomic mass is 9.90. The minimum Gasteiger partial charge on any atom is -0.265 e. The average Bonchev–Trinajstić information content (AvgIpc) is 3.21. The average molecular weight is 642 g/mol. The van der Waals surface area contributed by atoms with Gasteiger partial charge in [0, 0.05) is 58.2 Å². The highest BCUT2D eigenvalue weighted by atomic mass is 15.0. The Kier molecular flexibility index (Phi) is 7.33. The largest absolute Gasteiger partial charge is 0.265 e. The van der Waals surface area contributed by atoms with Crippen LogP contribution in [0, 0.1) is 0 Å². The van der Waals surface area contributed by atoms with Gasteiger partial charge in [0.05, 0.1) is 11.4 Å². The summed E-state index contributed by atoms with van der Waals surface area (Å²) >= 11 is 0. The van der Waals surface area contributed by atoms with Crippen molar-refractivity contribution in [3.63, 3.8) is 0 Å². The van der Waals surface area contributed by atoms with Crippen molar-refractivity contribution in [1.29, 1.82) is 0 Å². The molecule has 0 saturated carbocycles. The number of fused-ring (bicyclic) bond motifs is 2. The molecule has 7 heteroatoms. The standard InChI is InChI=1S/C43H27N7/c1-3-11-28(12-4-1)36-27-37(29-13-5-2-6-14-29)47-42(46-36)38-32-15-7-9-17-34(32)39(35-18-10-8-16-33(35)38)43-49-40(30-19-23-44-24-20-30)48-41(50-43)31-21-25-45-26-22-31/h1-27H. The molecule has 0 aliphatic carbocycles. The summed E-state index contributed by atoms with van der Waals surface area (Å²) in [6.07, 6.45) is 6.99. The highest BCUT2D eigenvalue weighted by molar-refractivity contribution is 6.20. The molecule has 0 fully saturated rings. The van der Waals surface area contributed by atoms with E-state index < -0.39 is 0 Å². The second-order valence-electron chi connectivity index (χ2n) is 11.8. The molecule has 50 heavy (non-hydrogen) atoms.